The van der Waals surface area contributed by atoms with Crippen molar-refractivity contribution in [2.75, 3.05) is 13.1 Å². The summed E-state index contributed by atoms with van der Waals surface area (Å²) < 4.78 is 5.80. The molecular formula is C18H23N3O2. The number of nitrogens with zero attached hydrogens (tertiary/aromatic N) is 2. The fourth-order valence-corrected chi connectivity index (χ4v) is 3.03. The fourth-order valence-electron chi connectivity index (χ4n) is 3.03. The van der Waals surface area contributed by atoms with Crippen LogP contribution in [0.2, 0.25) is 0 Å². The minimum absolute atomic E-state index is 0.0356. The Bertz CT molecular complexity index is 684. The maximum Gasteiger partial charge on any atom is 0.317 e. The smallest absolute Gasteiger partial charge is 0.317 e. The molecule has 0 saturated carbocycles. The molecule has 1 fully saturated rings. The molecule has 0 unspecified atom stereocenters. The SMILES string of the molecule is CC[C@@H]1CN(C(=O)NCc2cccc3cccnc23)C[C@@H](C)O1. The lowest BCUT2D eigenvalue weighted by molar-refractivity contribution is -0.0646. The van der Waals surface area contributed by atoms with Crippen LogP contribution in [0.15, 0.2) is 36.5 Å². The van der Waals surface area contributed by atoms with Crippen LogP contribution in [0.5, 0.6) is 0 Å². The number of fused-ring (bicyclic) bond motifs is 1. The highest BCUT2D eigenvalue weighted by Crippen LogP contribution is 2.17. The quantitative estimate of drug-likeness (QED) is 0.948. The first-order valence-corrected chi connectivity index (χ1v) is 8.18. The summed E-state index contributed by atoms with van der Waals surface area (Å²) in [5.41, 5.74) is 1.97. The molecule has 1 N–H and O–H groups in total. The predicted octanol–water partition coefficient (Wildman–Crippen LogP) is 2.94. The number of ether oxygens (including phenoxy) is 1. The summed E-state index contributed by atoms with van der Waals surface area (Å²) in [7, 11) is 0. The number of hydrogen-bond acceptors (Lipinski definition) is 3. The standard InChI is InChI=1S/C18H23N3O2/c1-3-16-12-21(11-13(2)23-16)18(22)20-10-15-7-4-6-14-8-5-9-19-17(14)15/h4-9,13,16H,3,10-12H2,1-2H3,(H,20,22)/t13-,16-/m1/s1. The second-order valence-corrected chi connectivity index (χ2v) is 6.03. The molecule has 0 bridgehead atoms. The monoisotopic (exact) mass is 313 g/mol. The molecule has 2 amide bonds. The first-order chi connectivity index (χ1) is 11.2. The number of carbonyl (C=O) groups is 1. The summed E-state index contributed by atoms with van der Waals surface area (Å²) in [6.07, 6.45) is 2.91. The van der Waals surface area contributed by atoms with Crippen molar-refractivity contribution < 1.29 is 9.53 Å². The highest BCUT2D eigenvalue weighted by atomic mass is 16.5. The molecule has 5 heteroatoms. The van der Waals surface area contributed by atoms with Crippen LogP contribution in [-0.4, -0.2) is 41.2 Å². The topological polar surface area (TPSA) is 54.5 Å². The second kappa shape index (κ2) is 6.96. The average Bonchev–Trinajstić information content (AvgIpc) is 2.59. The summed E-state index contributed by atoms with van der Waals surface area (Å²) in [5, 5.41) is 4.11. The molecule has 1 aliphatic heterocycles. The lowest BCUT2D eigenvalue weighted by Crippen LogP contribution is -2.52. The Labute approximate surface area is 136 Å². The van der Waals surface area contributed by atoms with Gasteiger partial charge in [0.25, 0.3) is 0 Å². The average molecular weight is 313 g/mol. The molecule has 1 aromatic heterocycles. The summed E-state index contributed by atoms with van der Waals surface area (Å²) in [6.45, 7) is 5.86. The first kappa shape index (κ1) is 15.7. The Morgan fingerprint density at radius 2 is 2.17 bits per heavy atom. The van der Waals surface area contributed by atoms with Gasteiger partial charge < -0.3 is 15.0 Å². The number of pyridine rings is 1. The first-order valence-electron chi connectivity index (χ1n) is 8.18. The zero-order valence-corrected chi connectivity index (χ0v) is 13.7. The zero-order chi connectivity index (χ0) is 16.2. The van der Waals surface area contributed by atoms with Crippen LogP contribution < -0.4 is 5.32 Å². The van der Waals surface area contributed by atoms with Gasteiger partial charge in [-0.25, -0.2) is 4.79 Å². The number of hydrogen-bond donors (Lipinski definition) is 1. The summed E-state index contributed by atoms with van der Waals surface area (Å²) >= 11 is 0. The Kier molecular flexibility index (Phi) is 4.76. The van der Waals surface area contributed by atoms with E-state index >= 15 is 0 Å². The van der Waals surface area contributed by atoms with Gasteiger partial charge in [-0.2, -0.15) is 0 Å². The number of urea groups is 1. The van der Waals surface area contributed by atoms with E-state index in [2.05, 4.69) is 17.2 Å². The van der Waals surface area contributed by atoms with Crippen molar-refractivity contribution in [1.29, 1.82) is 0 Å². The van der Waals surface area contributed by atoms with Gasteiger partial charge in [0.05, 0.1) is 17.7 Å². The van der Waals surface area contributed by atoms with Crippen LogP contribution in [0.1, 0.15) is 25.8 Å². The number of para-hydroxylation sites is 1. The second-order valence-electron chi connectivity index (χ2n) is 6.03. The van der Waals surface area contributed by atoms with Gasteiger partial charge in [0.1, 0.15) is 0 Å². The third-order valence-electron chi connectivity index (χ3n) is 4.22. The van der Waals surface area contributed by atoms with E-state index in [9.17, 15) is 4.79 Å². The van der Waals surface area contributed by atoms with Crippen molar-refractivity contribution in [2.24, 2.45) is 0 Å². The minimum atomic E-state index is -0.0356. The largest absolute Gasteiger partial charge is 0.372 e. The van der Waals surface area contributed by atoms with Crippen molar-refractivity contribution in [1.82, 2.24) is 15.2 Å². The molecule has 0 radical (unpaired) electrons. The van der Waals surface area contributed by atoms with Gasteiger partial charge in [0.15, 0.2) is 0 Å². The molecule has 5 nitrogen and oxygen atoms in total. The number of benzene rings is 1. The van der Waals surface area contributed by atoms with Crippen molar-refractivity contribution in [2.45, 2.75) is 39.0 Å². The number of amides is 2. The summed E-state index contributed by atoms with van der Waals surface area (Å²) in [5.74, 6) is 0. The van der Waals surface area contributed by atoms with E-state index in [4.69, 9.17) is 4.74 Å². The summed E-state index contributed by atoms with van der Waals surface area (Å²) in [4.78, 5) is 18.7. The molecule has 122 valence electrons. The van der Waals surface area contributed by atoms with E-state index in [1.54, 1.807) is 6.20 Å². The Morgan fingerprint density at radius 3 is 3.00 bits per heavy atom. The van der Waals surface area contributed by atoms with E-state index in [0.717, 1.165) is 22.9 Å². The van der Waals surface area contributed by atoms with E-state index in [1.807, 2.05) is 42.2 Å². The predicted molar refractivity (Wildman–Crippen MR) is 90.2 cm³/mol. The van der Waals surface area contributed by atoms with Gasteiger partial charge in [-0.3, -0.25) is 4.98 Å². The van der Waals surface area contributed by atoms with Gasteiger partial charge in [0.2, 0.25) is 0 Å². The molecule has 1 saturated heterocycles. The van der Waals surface area contributed by atoms with Crippen LogP contribution in [0.25, 0.3) is 10.9 Å². The van der Waals surface area contributed by atoms with Gasteiger partial charge in [-0.1, -0.05) is 31.2 Å². The van der Waals surface area contributed by atoms with Crippen LogP contribution in [-0.2, 0) is 11.3 Å². The molecule has 2 aromatic rings. The van der Waals surface area contributed by atoms with Crippen molar-refractivity contribution in [3.05, 3.63) is 42.1 Å². The van der Waals surface area contributed by atoms with Gasteiger partial charge in [0, 0.05) is 31.2 Å². The molecule has 1 aromatic carbocycles. The molecule has 3 rings (SSSR count). The maximum absolute atomic E-state index is 12.5. The third-order valence-corrected chi connectivity index (χ3v) is 4.22. The van der Waals surface area contributed by atoms with E-state index in [1.165, 1.54) is 0 Å². The highest BCUT2D eigenvalue weighted by molar-refractivity contribution is 5.82. The maximum atomic E-state index is 12.5. The molecular weight excluding hydrogens is 290 g/mol. The lowest BCUT2D eigenvalue weighted by Gasteiger charge is -2.36. The Morgan fingerprint density at radius 1 is 1.35 bits per heavy atom. The molecule has 2 atom stereocenters. The van der Waals surface area contributed by atoms with Crippen molar-refractivity contribution in [3.63, 3.8) is 0 Å². The number of aromatic nitrogens is 1. The molecule has 0 aliphatic carbocycles. The van der Waals surface area contributed by atoms with Crippen LogP contribution in [0.4, 0.5) is 4.79 Å². The number of rotatable bonds is 3. The third kappa shape index (κ3) is 3.62. The van der Waals surface area contributed by atoms with Gasteiger partial charge in [-0.05, 0) is 25.0 Å². The highest BCUT2D eigenvalue weighted by Gasteiger charge is 2.27. The van der Waals surface area contributed by atoms with E-state index < -0.39 is 0 Å². The van der Waals surface area contributed by atoms with Gasteiger partial charge in [-0.15, -0.1) is 0 Å². The Hall–Kier alpha value is -2.14. The lowest BCUT2D eigenvalue weighted by atomic mass is 10.1. The zero-order valence-electron chi connectivity index (χ0n) is 13.7. The molecule has 2 heterocycles. The number of carbonyl (C=O) groups excluding carboxylic acids is 1. The van der Waals surface area contributed by atoms with Crippen LogP contribution >= 0.6 is 0 Å². The van der Waals surface area contributed by atoms with E-state index in [0.29, 0.717) is 19.6 Å². The fraction of sp³-hybridized carbons (Fsp3) is 0.444. The minimum Gasteiger partial charge on any atom is -0.372 e. The van der Waals surface area contributed by atoms with E-state index in [-0.39, 0.29) is 18.2 Å². The van der Waals surface area contributed by atoms with Crippen molar-refractivity contribution >= 4 is 16.9 Å². The van der Waals surface area contributed by atoms with Crippen LogP contribution in [0.3, 0.4) is 0 Å². The Balaban J connectivity index is 1.66. The molecule has 0 spiro atoms. The van der Waals surface area contributed by atoms with Crippen molar-refractivity contribution in [3.8, 4) is 0 Å². The van der Waals surface area contributed by atoms with Gasteiger partial charge >= 0.3 is 6.03 Å². The molecule has 23 heavy (non-hydrogen) atoms. The number of nitrogens with one attached hydrogen (secondary N) is 1. The van der Waals surface area contributed by atoms with Crippen LogP contribution in [0, 0.1) is 0 Å². The molecule has 1 aliphatic rings. The number of morpholine rings is 1. The normalized spacial score (nSPS) is 21.4. The summed E-state index contributed by atoms with van der Waals surface area (Å²) in [6, 6.07) is 9.95.